The molecule has 1 saturated heterocycles. The Morgan fingerprint density at radius 2 is 2.30 bits per heavy atom. The lowest BCUT2D eigenvalue weighted by molar-refractivity contribution is 0.101. The van der Waals surface area contributed by atoms with E-state index in [0.29, 0.717) is 18.1 Å². The highest BCUT2D eigenvalue weighted by Gasteiger charge is 2.16. The highest BCUT2D eigenvalue weighted by Crippen LogP contribution is 2.22. The number of aromatic nitrogens is 1. The molecule has 0 saturated carbocycles. The Hall–Kier alpha value is -0.800. The van der Waals surface area contributed by atoms with Crippen LogP contribution < -0.4 is 5.32 Å². The van der Waals surface area contributed by atoms with E-state index in [2.05, 4.69) is 49.1 Å². The predicted molar refractivity (Wildman–Crippen MR) is 83.9 cm³/mol. The molecule has 1 aromatic rings. The first-order chi connectivity index (χ1) is 9.70. The molecular weight excluding hydrogens is 248 g/mol. The SMILES string of the molecule is CCNC(c1ccn(CCCC2CCCO2)c1)C(C)C. The average molecular weight is 278 g/mol. The summed E-state index contributed by atoms with van der Waals surface area (Å²) >= 11 is 0. The average Bonchev–Trinajstić information content (AvgIpc) is 3.07. The van der Waals surface area contributed by atoms with E-state index in [1.165, 1.54) is 31.2 Å². The van der Waals surface area contributed by atoms with E-state index in [9.17, 15) is 0 Å². The third-order valence-electron chi connectivity index (χ3n) is 4.19. The Bertz CT molecular complexity index is 380. The van der Waals surface area contributed by atoms with E-state index in [1.54, 1.807) is 0 Å². The van der Waals surface area contributed by atoms with Crippen molar-refractivity contribution >= 4 is 0 Å². The molecule has 0 amide bonds. The molecule has 2 atom stereocenters. The molecule has 1 aliphatic rings. The summed E-state index contributed by atoms with van der Waals surface area (Å²) in [6.45, 7) is 9.83. The number of rotatable bonds is 8. The van der Waals surface area contributed by atoms with Crippen LogP contribution >= 0.6 is 0 Å². The van der Waals surface area contributed by atoms with Gasteiger partial charge < -0.3 is 14.6 Å². The fourth-order valence-electron chi connectivity index (χ4n) is 3.11. The quantitative estimate of drug-likeness (QED) is 0.783. The molecule has 2 rings (SSSR count). The van der Waals surface area contributed by atoms with Gasteiger partial charge in [0.2, 0.25) is 0 Å². The van der Waals surface area contributed by atoms with Crippen LogP contribution in [0.15, 0.2) is 18.5 Å². The molecule has 3 heteroatoms. The van der Waals surface area contributed by atoms with Crippen LogP contribution in [0.4, 0.5) is 0 Å². The summed E-state index contributed by atoms with van der Waals surface area (Å²) in [7, 11) is 0. The third-order valence-corrected chi connectivity index (χ3v) is 4.19. The van der Waals surface area contributed by atoms with Crippen molar-refractivity contribution in [1.82, 2.24) is 9.88 Å². The topological polar surface area (TPSA) is 26.2 Å². The summed E-state index contributed by atoms with van der Waals surface area (Å²) in [6, 6.07) is 2.73. The van der Waals surface area contributed by atoms with Crippen molar-refractivity contribution in [3.63, 3.8) is 0 Å². The van der Waals surface area contributed by atoms with Gasteiger partial charge in [-0.05, 0) is 49.8 Å². The molecule has 0 aromatic carbocycles. The van der Waals surface area contributed by atoms with Gasteiger partial charge in [0.1, 0.15) is 0 Å². The predicted octanol–water partition coefficient (Wildman–Crippen LogP) is 3.75. The van der Waals surface area contributed by atoms with E-state index >= 15 is 0 Å². The van der Waals surface area contributed by atoms with Gasteiger partial charge in [-0.1, -0.05) is 20.8 Å². The maximum absolute atomic E-state index is 5.68. The van der Waals surface area contributed by atoms with Crippen molar-refractivity contribution in [2.75, 3.05) is 13.2 Å². The standard InChI is InChI=1S/C17H30N2O/c1-4-18-17(14(2)3)15-9-11-19(13-15)10-5-7-16-8-6-12-20-16/h9,11,13-14,16-18H,4-8,10,12H2,1-3H3. The molecule has 2 heterocycles. The van der Waals surface area contributed by atoms with Crippen molar-refractivity contribution in [3.8, 4) is 0 Å². The van der Waals surface area contributed by atoms with E-state index in [-0.39, 0.29) is 0 Å². The van der Waals surface area contributed by atoms with Gasteiger partial charge in [-0.25, -0.2) is 0 Å². The van der Waals surface area contributed by atoms with Crippen LogP contribution in [0.3, 0.4) is 0 Å². The van der Waals surface area contributed by atoms with Crippen molar-refractivity contribution in [3.05, 3.63) is 24.0 Å². The minimum absolute atomic E-state index is 0.472. The number of nitrogens with zero attached hydrogens (tertiary/aromatic N) is 1. The largest absolute Gasteiger partial charge is 0.378 e. The Morgan fingerprint density at radius 1 is 1.45 bits per heavy atom. The van der Waals surface area contributed by atoms with Crippen LogP contribution in [-0.2, 0) is 11.3 Å². The summed E-state index contributed by atoms with van der Waals surface area (Å²) in [6.07, 6.45) is 9.97. The second-order valence-corrected chi connectivity index (χ2v) is 6.24. The van der Waals surface area contributed by atoms with Gasteiger partial charge in [0.25, 0.3) is 0 Å². The highest BCUT2D eigenvalue weighted by atomic mass is 16.5. The lowest BCUT2D eigenvalue weighted by atomic mass is 9.98. The second kappa shape index (κ2) is 7.84. The summed E-state index contributed by atoms with van der Waals surface area (Å²) in [4.78, 5) is 0. The maximum atomic E-state index is 5.68. The van der Waals surface area contributed by atoms with E-state index < -0.39 is 0 Å². The van der Waals surface area contributed by atoms with Crippen LogP contribution in [0.5, 0.6) is 0 Å². The van der Waals surface area contributed by atoms with Crippen LogP contribution in [0.1, 0.15) is 58.1 Å². The summed E-state index contributed by atoms with van der Waals surface area (Å²) in [5.41, 5.74) is 1.42. The van der Waals surface area contributed by atoms with Gasteiger partial charge in [0.15, 0.2) is 0 Å². The molecule has 1 N–H and O–H groups in total. The zero-order valence-corrected chi connectivity index (χ0v) is 13.3. The van der Waals surface area contributed by atoms with Gasteiger partial charge in [-0.3, -0.25) is 0 Å². The smallest absolute Gasteiger partial charge is 0.0576 e. The molecule has 2 unspecified atom stereocenters. The number of aryl methyl sites for hydroxylation is 1. The van der Waals surface area contributed by atoms with Crippen LogP contribution in [0, 0.1) is 5.92 Å². The van der Waals surface area contributed by atoms with Crippen LogP contribution in [-0.4, -0.2) is 23.8 Å². The van der Waals surface area contributed by atoms with E-state index in [4.69, 9.17) is 4.74 Å². The number of hydrogen-bond acceptors (Lipinski definition) is 2. The Morgan fingerprint density at radius 3 is 2.95 bits per heavy atom. The molecule has 0 spiro atoms. The Kier molecular flexibility index (Phi) is 6.11. The van der Waals surface area contributed by atoms with Gasteiger partial charge in [-0.2, -0.15) is 0 Å². The first-order valence-electron chi connectivity index (χ1n) is 8.21. The van der Waals surface area contributed by atoms with Gasteiger partial charge in [0, 0.05) is 31.6 Å². The molecule has 114 valence electrons. The van der Waals surface area contributed by atoms with E-state index in [0.717, 1.165) is 19.7 Å². The van der Waals surface area contributed by atoms with E-state index in [1.807, 2.05) is 0 Å². The molecule has 1 aromatic heterocycles. The Balaban J connectivity index is 1.81. The lowest BCUT2D eigenvalue weighted by Crippen LogP contribution is -2.25. The molecule has 0 aliphatic carbocycles. The van der Waals surface area contributed by atoms with Crippen LogP contribution in [0.2, 0.25) is 0 Å². The van der Waals surface area contributed by atoms with Crippen molar-refractivity contribution in [1.29, 1.82) is 0 Å². The minimum Gasteiger partial charge on any atom is -0.378 e. The van der Waals surface area contributed by atoms with Crippen molar-refractivity contribution < 1.29 is 4.74 Å². The molecule has 1 fully saturated rings. The van der Waals surface area contributed by atoms with Crippen molar-refractivity contribution in [2.24, 2.45) is 5.92 Å². The molecular formula is C17H30N2O. The number of ether oxygens (including phenoxy) is 1. The molecule has 0 bridgehead atoms. The summed E-state index contributed by atoms with van der Waals surface area (Å²) in [5, 5.41) is 3.58. The maximum Gasteiger partial charge on any atom is 0.0576 e. The molecule has 20 heavy (non-hydrogen) atoms. The normalized spacial score (nSPS) is 20.7. The molecule has 0 radical (unpaired) electrons. The highest BCUT2D eigenvalue weighted by molar-refractivity contribution is 5.16. The Labute approximate surface area is 123 Å². The zero-order chi connectivity index (χ0) is 14.4. The van der Waals surface area contributed by atoms with Crippen molar-refractivity contribution in [2.45, 2.75) is 65.1 Å². The summed E-state index contributed by atoms with van der Waals surface area (Å²) < 4.78 is 8.01. The first kappa shape index (κ1) is 15.6. The van der Waals surface area contributed by atoms with Gasteiger partial charge in [-0.15, -0.1) is 0 Å². The van der Waals surface area contributed by atoms with Gasteiger partial charge >= 0.3 is 0 Å². The summed E-state index contributed by atoms with van der Waals surface area (Å²) in [5.74, 6) is 0.623. The number of nitrogens with one attached hydrogen (secondary N) is 1. The molecule has 3 nitrogen and oxygen atoms in total. The molecule has 1 aliphatic heterocycles. The van der Waals surface area contributed by atoms with Crippen LogP contribution in [0.25, 0.3) is 0 Å². The number of hydrogen-bond donors (Lipinski definition) is 1. The zero-order valence-electron chi connectivity index (χ0n) is 13.3. The third kappa shape index (κ3) is 4.35. The minimum atomic E-state index is 0.472. The fourth-order valence-corrected chi connectivity index (χ4v) is 3.11. The second-order valence-electron chi connectivity index (χ2n) is 6.24. The first-order valence-corrected chi connectivity index (χ1v) is 8.21. The lowest BCUT2D eigenvalue weighted by Gasteiger charge is -2.20. The van der Waals surface area contributed by atoms with Gasteiger partial charge in [0.05, 0.1) is 6.10 Å². The monoisotopic (exact) mass is 278 g/mol. The fraction of sp³-hybridized carbons (Fsp3) is 0.765.